The first-order valence-corrected chi connectivity index (χ1v) is 20.9. The fraction of sp³-hybridized carbons (Fsp3) is 0.692. The van der Waals surface area contributed by atoms with E-state index in [2.05, 4.69) is 22.4 Å². The summed E-state index contributed by atoms with van der Waals surface area (Å²) < 4.78 is 0. The van der Waals surface area contributed by atoms with Crippen molar-refractivity contribution < 1.29 is 38.4 Å². The molecule has 0 aromatic rings. The van der Waals surface area contributed by atoms with Gasteiger partial charge in [0.25, 0.3) is 0 Å². The van der Waals surface area contributed by atoms with Crippen LogP contribution in [-0.2, 0) is 38.4 Å². The van der Waals surface area contributed by atoms with Gasteiger partial charge in [0.1, 0.15) is 30.7 Å². The lowest BCUT2D eigenvalue weighted by Gasteiger charge is -2.26. The van der Waals surface area contributed by atoms with Crippen LogP contribution in [0.25, 0.3) is 0 Å². The lowest BCUT2D eigenvalue weighted by Crippen LogP contribution is -2.43. The second-order valence-corrected chi connectivity index (χ2v) is 18.7. The zero-order valence-corrected chi connectivity index (χ0v) is 31.2. The molecule has 0 bridgehead atoms. The second kappa shape index (κ2) is 19.9. The van der Waals surface area contributed by atoms with Gasteiger partial charge in [-0.3, -0.25) is 58.0 Å². The maximum absolute atomic E-state index is 12.7. The highest BCUT2D eigenvalue weighted by molar-refractivity contribution is 14.2. The van der Waals surface area contributed by atoms with Crippen molar-refractivity contribution in [1.82, 2.24) is 19.6 Å². The molecule has 0 aliphatic carbocycles. The van der Waals surface area contributed by atoms with Crippen molar-refractivity contribution in [3.8, 4) is 0 Å². The van der Waals surface area contributed by atoms with Crippen LogP contribution in [0.2, 0.25) is 0 Å². The van der Waals surface area contributed by atoms with Crippen molar-refractivity contribution in [3.63, 3.8) is 0 Å². The Morgan fingerprint density at radius 1 is 0.841 bits per heavy atom. The summed E-state index contributed by atoms with van der Waals surface area (Å²) in [6.45, 7) is 3.67. The normalized spacial score (nSPS) is 19.7. The summed E-state index contributed by atoms with van der Waals surface area (Å²) >= 11 is 4.05. The van der Waals surface area contributed by atoms with Gasteiger partial charge in [-0.15, -0.1) is 8.46 Å². The van der Waals surface area contributed by atoms with Gasteiger partial charge in [-0.25, -0.2) is 0 Å². The summed E-state index contributed by atoms with van der Waals surface area (Å²) in [7, 11) is 6.13. The average Bonchev–Trinajstić information content (AvgIpc) is 3.35. The van der Waals surface area contributed by atoms with Gasteiger partial charge in [0, 0.05) is 51.9 Å². The third-order valence-corrected chi connectivity index (χ3v) is 12.2. The molecule has 3 radical (unpaired) electrons. The van der Waals surface area contributed by atoms with Gasteiger partial charge in [-0.05, 0) is 26.7 Å². The van der Waals surface area contributed by atoms with E-state index in [4.69, 9.17) is 7.57 Å². The van der Waals surface area contributed by atoms with Crippen LogP contribution in [-0.4, -0.2) is 142 Å². The summed E-state index contributed by atoms with van der Waals surface area (Å²) in [6.07, 6.45) is 1.19. The van der Waals surface area contributed by atoms with Crippen LogP contribution in [0.1, 0.15) is 52.4 Å². The van der Waals surface area contributed by atoms with E-state index in [0.29, 0.717) is 12.8 Å². The van der Waals surface area contributed by atoms with Crippen molar-refractivity contribution >= 4 is 117 Å². The first kappa shape index (κ1) is 39.5. The summed E-state index contributed by atoms with van der Waals surface area (Å²) in [5.74, 6) is -1.57. The molecule has 2 rings (SSSR count). The van der Waals surface area contributed by atoms with Crippen molar-refractivity contribution in [3.05, 3.63) is 0 Å². The zero-order chi connectivity index (χ0) is 33.0. The SMILES string of the molecule is [B]P(I)C1CC(=O)N(CCCC(=O)CN(CCN(CC(C)=O)CC(=O)CCCN2C(=O)CC(P[B]I)C2=O)CC(C)=O)C1=O. The Labute approximate surface area is 289 Å². The van der Waals surface area contributed by atoms with Crippen molar-refractivity contribution in [2.24, 2.45) is 0 Å². The highest BCUT2D eigenvalue weighted by Gasteiger charge is 2.40. The van der Waals surface area contributed by atoms with Crippen molar-refractivity contribution in [1.29, 1.82) is 0 Å². The number of halogens is 2. The predicted octanol–water partition coefficient (Wildman–Crippen LogP) is 1.29. The number of hydrogen-bond donors (Lipinski definition) is 0. The smallest absolute Gasteiger partial charge is 0.237 e. The minimum Gasteiger partial charge on any atom is -0.299 e. The molecule has 0 aromatic carbocycles. The quantitative estimate of drug-likeness (QED) is 0.0675. The van der Waals surface area contributed by atoms with Crippen LogP contribution in [0.3, 0.4) is 0 Å². The molecule has 18 heteroatoms. The Kier molecular flexibility index (Phi) is 17.8. The van der Waals surface area contributed by atoms with Gasteiger partial charge in [-0.2, -0.15) is 22.4 Å². The molecular weight excluding hydrogens is 834 g/mol. The predicted molar refractivity (Wildman–Crippen MR) is 188 cm³/mol. The first-order valence-electron chi connectivity index (χ1n) is 14.3. The lowest BCUT2D eigenvalue weighted by atomic mass is 10.2. The van der Waals surface area contributed by atoms with Crippen LogP contribution >= 0.6 is 58.3 Å². The first-order chi connectivity index (χ1) is 20.7. The second-order valence-electron chi connectivity index (χ2n) is 11.0. The van der Waals surface area contributed by atoms with Crippen LogP contribution in [0, 0.1) is 0 Å². The number of likely N-dealkylation sites (tertiary alicyclic amines) is 2. The third kappa shape index (κ3) is 13.2. The number of rotatable bonds is 22. The molecule has 4 amide bonds. The molecule has 2 heterocycles. The highest BCUT2D eigenvalue weighted by atomic mass is 127. The Balaban J connectivity index is 1.84. The van der Waals surface area contributed by atoms with E-state index in [9.17, 15) is 38.4 Å². The van der Waals surface area contributed by atoms with Crippen LogP contribution in [0.15, 0.2) is 0 Å². The fourth-order valence-corrected chi connectivity index (χ4v) is 9.12. The third-order valence-electron chi connectivity index (χ3n) is 7.13. The number of imide groups is 2. The summed E-state index contributed by atoms with van der Waals surface area (Å²) in [4.78, 5) is 106. The lowest BCUT2D eigenvalue weighted by molar-refractivity contribution is -0.140. The molecule has 2 fully saturated rings. The number of hydrogen-bond acceptors (Lipinski definition) is 10. The van der Waals surface area contributed by atoms with E-state index in [-0.39, 0.29) is 139 Å². The number of carbonyl (C=O) groups excluding carboxylic acids is 8. The van der Waals surface area contributed by atoms with Crippen LogP contribution < -0.4 is 0 Å². The molecule has 0 spiro atoms. The minimum absolute atomic E-state index is 0.0156. The van der Waals surface area contributed by atoms with Crippen LogP contribution in [0.5, 0.6) is 0 Å². The van der Waals surface area contributed by atoms with E-state index in [1.807, 2.05) is 26.9 Å². The zero-order valence-electron chi connectivity index (χ0n) is 25.0. The molecule has 0 N–H and O–H groups in total. The number of amides is 4. The maximum atomic E-state index is 12.7. The van der Waals surface area contributed by atoms with Gasteiger partial charge < -0.3 is 0 Å². The van der Waals surface area contributed by atoms with Gasteiger partial charge in [0.05, 0.1) is 37.5 Å². The Bertz CT molecular complexity index is 1140. The molecular formula is C26H37B2I2N4O8P2. The van der Waals surface area contributed by atoms with Gasteiger partial charge in [-0.1, -0.05) is 27.5 Å². The number of Topliss-reactive ketones (excluding diaryl/α,β-unsaturated/α-hetero) is 4. The summed E-state index contributed by atoms with van der Waals surface area (Å²) in [5, 5.41) is 0. The van der Waals surface area contributed by atoms with E-state index in [0.717, 1.165) is 0 Å². The average molecular weight is 871 g/mol. The molecule has 2 aliphatic heterocycles. The topological polar surface area (TPSA) is 150 Å². The van der Waals surface area contributed by atoms with Gasteiger partial charge in [0.2, 0.25) is 28.5 Å². The molecule has 4 unspecified atom stereocenters. The van der Waals surface area contributed by atoms with Crippen molar-refractivity contribution in [2.75, 3.05) is 52.4 Å². The number of ketones is 4. The monoisotopic (exact) mass is 871 g/mol. The summed E-state index contributed by atoms with van der Waals surface area (Å²) in [5.41, 5.74) is -1.89. The van der Waals surface area contributed by atoms with E-state index < -0.39 is 11.1 Å². The standard InChI is InChI=1S/C26H37B2I2N4O8P2/c1-17(35)13-31(15-19(37)5-3-7-33-23(39)11-21(25(33)41)43-28-29)9-10-32(14-18(2)36)16-20(38)6-4-8-34-24(40)12-22(26(34)42)44(27)30/h21-22,43H,3-16H2,1-2H3. The largest absolute Gasteiger partial charge is 0.299 e. The molecule has 12 nitrogen and oxygen atoms in total. The maximum Gasteiger partial charge on any atom is 0.237 e. The van der Waals surface area contributed by atoms with E-state index >= 15 is 0 Å². The molecule has 44 heavy (non-hydrogen) atoms. The Morgan fingerprint density at radius 2 is 1.30 bits per heavy atom. The van der Waals surface area contributed by atoms with Crippen molar-refractivity contribution in [2.45, 2.75) is 63.7 Å². The Hall–Kier alpha value is -0.670. The van der Waals surface area contributed by atoms with E-state index in [1.165, 1.54) is 23.6 Å². The number of nitrogens with zero attached hydrogens (tertiary/aromatic N) is 4. The Morgan fingerprint density at radius 3 is 1.70 bits per heavy atom. The molecule has 0 saturated carbocycles. The molecule has 2 aliphatic rings. The van der Waals surface area contributed by atoms with Gasteiger partial charge >= 0.3 is 0 Å². The summed E-state index contributed by atoms with van der Waals surface area (Å²) in [6, 6.07) is 0. The number of carbonyl (C=O) groups is 8. The fourth-order valence-electron chi connectivity index (χ4n) is 5.08. The van der Waals surface area contributed by atoms with Gasteiger partial charge in [0.15, 0.2) is 0 Å². The molecule has 2 saturated heterocycles. The van der Waals surface area contributed by atoms with Crippen LogP contribution in [0.4, 0.5) is 0 Å². The highest BCUT2D eigenvalue weighted by Crippen LogP contribution is 2.49. The molecule has 4 atom stereocenters. The minimum atomic E-state index is -1.10. The molecule has 239 valence electrons. The molecule has 0 aromatic heterocycles. The van der Waals surface area contributed by atoms with E-state index in [1.54, 1.807) is 9.80 Å².